The number of aryl methyl sites for hydroxylation is 1. The van der Waals surface area contributed by atoms with Crippen LogP contribution < -0.4 is 5.32 Å². The molecule has 1 unspecified atom stereocenters. The molecule has 1 N–H and O–H groups in total. The minimum atomic E-state index is 0.718. The molecule has 1 fully saturated rings. The molecule has 1 aliphatic carbocycles. The number of benzene rings is 1. The molecule has 2 rings (SSSR count). The number of nitrogens with one attached hydrogen (secondary N) is 1. The maximum absolute atomic E-state index is 6.20. The Hall–Kier alpha value is -0.0500. The first-order chi connectivity index (χ1) is 8.15. The molecule has 1 saturated carbocycles. The molecule has 1 aliphatic rings. The van der Waals surface area contributed by atoms with Crippen molar-refractivity contribution in [1.29, 1.82) is 0 Å². The van der Waals surface area contributed by atoms with Gasteiger partial charge in [-0.25, -0.2) is 0 Å². The van der Waals surface area contributed by atoms with Crippen LogP contribution in [-0.2, 0) is 6.42 Å². The quantitative estimate of drug-likeness (QED) is 0.819. The molecule has 0 spiro atoms. The van der Waals surface area contributed by atoms with E-state index < -0.39 is 0 Å². The summed E-state index contributed by atoms with van der Waals surface area (Å²) in [5.41, 5.74) is 1.26. The van der Waals surface area contributed by atoms with E-state index in [1.54, 1.807) is 0 Å². The van der Waals surface area contributed by atoms with Crippen molar-refractivity contribution >= 4 is 27.5 Å². The SMILES string of the molecule is CC(CCc1ccc(Br)cc1Cl)CNC1CC1. The number of rotatable bonds is 6. The Bertz CT molecular complexity index is 376. The Kier molecular flexibility index (Phi) is 4.89. The molecule has 0 radical (unpaired) electrons. The van der Waals surface area contributed by atoms with Gasteiger partial charge in [0.05, 0.1) is 0 Å². The second-order valence-electron chi connectivity index (χ2n) is 5.06. The van der Waals surface area contributed by atoms with Crippen LogP contribution >= 0.6 is 27.5 Å². The van der Waals surface area contributed by atoms with Crippen molar-refractivity contribution in [2.75, 3.05) is 6.54 Å². The van der Waals surface area contributed by atoms with Crippen LogP contribution in [0.4, 0.5) is 0 Å². The van der Waals surface area contributed by atoms with Crippen LogP contribution in [0.15, 0.2) is 22.7 Å². The lowest BCUT2D eigenvalue weighted by Crippen LogP contribution is -2.23. The first-order valence-corrected chi connectivity index (χ1v) is 7.49. The molecule has 1 aromatic carbocycles. The minimum Gasteiger partial charge on any atom is -0.314 e. The van der Waals surface area contributed by atoms with Gasteiger partial charge < -0.3 is 5.32 Å². The summed E-state index contributed by atoms with van der Waals surface area (Å²) in [4.78, 5) is 0. The zero-order chi connectivity index (χ0) is 12.3. The summed E-state index contributed by atoms with van der Waals surface area (Å²) in [7, 11) is 0. The predicted molar refractivity (Wildman–Crippen MR) is 77.7 cm³/mol. The molecule has 0 heterocycles. The van der Waals surface area contributed by atoms with E-state index in [1.165, 1.54) is 24.8 Å². The van der Waals surface area contributed by atoms with Crippen LogP contribution in [0.1, 0.15) is 31.7 Å². The fourth-order valence-corrected chi connectivity index (χ4v) is 2.65. The van der Waals surface area contributed by atoms with Gasteiger partial charge in [-0.3, -0.25) is 0 Å². The van der Waals surface area contributed by atoms with Crippen molar-refractivity contribution in [3.05, 3.63) is 33.3 Å². The smallest absolute Gasteiger partial charge is 0.0449 e. The van der Waals surface area contributed by atoms with E-state index in [-0.39, 0.29) is 0 Å². The summed E-state index contributed by atoms with van der Waals surface area (Å²) in [6, 6.07) is 6.97. The molecule has 0 aliphatic heterocycles. The Morgan fingerprint density at radius 3 is 2.88 bits per heavy atom. The molecular weight excluding hydrogens is 298 g/mol. The van der Waals surface area contributed by atoms with E-state index in [2.05, 4.69) is 40.3 Å². The molecule has 1 atom stereocenters. The van der Waals surface area contributed by atoms with Crippen LogP contribution in [0, 0.1) is 5.92 Å². The lowest BCUT2D eigenvalue weighted by Gasteiger charge is -2.12. The van der Waals surface area contributed by atoms with Gasteiger partial charge in [-0.05, 0) is 55.8 Å². The number of hydrogen-bond acceptors (Lipinski definition) is 1. The van der Waals surface area contributed by atoms with Gasteiger partial charge in [-0.15, -0.1) is 0 Å². The summed E-state index contributed by atoms with van der Waals surface area (Å²) in [6.45, 7) is 3.45. The van der Waals surface area contributed by atoms with Gasteiger partial charge in [0.15, 0.2) is 0 Å². The van der Waals surface area contributed by atoms with E-state index >= 15 is 0 Å². The lowest BCUT2D eigenvalue weighted by molar-refractivity contribution is 0.480. The third kappa shape index (κ3) is 4.61. The van der Waals surface area contributed by atoms with Crippen molar-refractivity contribution in [2.24, 2.45) is 5.92 Å². The molecule has 0 bridgehead atoms. The summed E-state index contributed by atoms with van der Waals surface area (Å²) in [6.07, 6.45) is 5.00. The Morgan fingerprint density at radius 1 is 1.47 bits per heavy atom. The standard InChI is InChI=1S/C14H19BrClN/c1-10(9-17-13-6-7-13)2-3-11-4-5-12(15)8-14(11)16/h4-5,8,10,13,17H,2-3,6-7,9H2,1H3. The van der Waals surface area contributed by atoms with E-state index in [0.29, 0.717) is 0 Å². The number of halogens is 2. The van der Waals surface area contributed by atoms with Gasteiger partial charge in [-0.2, -0.15) is 0 Å². The second kappa shape index (κ2) is 6.21. The first-order valence-electron chi connectivity index (χ1n) is 6.32. The number of hydrogen-bond donors (Lipinski definition) is 1. The van der Waals surface area contributed by atoms with Gasteiger partial charge in [0.2, 0.25) is 0 Å². The summed E-state index contributed by atoms with van der Waals surface area (Å²) in [5, 5.41) is 4.45. The summed E-state index contributed by atoms with van der Waals surface area (Å²) >= 11 is 9.63. The molecule has 1 aromatic rings. The molecule has 0 saturated heterocycles. The van der Waals surface area contributed by atoms with Crippen molar-refractivity contribution in [2.45, 2.75) is 38.6 Å². The largest absolute Gasteiger partial charge is 0.314 e. The Balaban J connectivity index is 1.75. The van der Waals surface area contributed by atoms with Crippen molar-refractivity contribution < 1.29 is 0 Å². The van der Waals surface area contributed by atoms with Gasteiger partial charge in [-0.1, -0.05) is 40.5 Å². The van der Waals surface area contributed by atoms with E-state index in [9.17, 15) is 0 Å². The third-order valence-corrected chi connectivity index (χ3v) is 4.10. The molecule has 1 nitrogen and oxygen atoms in total. The van der Waals surface area contributed by atoms with Crippen LogP contribution in [-0.4, -0.2) is 12.6 Å². The normalized spacial score (nSPS) is 17.1. The first kappa shape index (κ1) is 13.4. The molecule has 0 aromatic heterocycles. The molecule has 17 heavy (non-hydrogen) atoms. The van der Waals surface area contributed by atoms with E-state index in [4.69, 9.17) is 11.6 Å². The fraction of sp³-hybridized carbons (Fsp3) is 0.571. The maximum Gasteiger partial charge on any atom is 0.0449 e. The van der Waals surface area contributed by atoms with Crippen molar-refractivity contribution in [3.8, 4) is 0 Å². The molecular formula is C14H19BrClN. The van der Waals surface area contributed by atoms with E-state index in [1.807, 2.05) is 6.07 Å². The molecule has 94 valence electrons. The zero-order valence-corrected chi connectivity index (χ0v) is 12.5. The zero-order valence-electron chi connectivity index (χ0n) is 10.2. The van der Waals surface area contributed by atoms with Crippen LogP contribution in [0.2, 0.25) is 5.02 Å². The van der Waals surface area contributed by atoms with E-state index in [0.717, 1.165) is 34.4 Å². The fourth-order valence-electron chi connectivity index (χ4n) is 1.88. The highest BCUT2D eigenvalue weighted by Crippen LogP contribution is 2.24. The van der Waals surface area contributed by atoms with Gasteiger partial charge >= 0.3 is 0 Å². The molecule has 3 heteroatoms. The predicted octanol–water partition coefficient (Wildman–Crippen LogP) is 4.42. The highest BCUT2D eigenvalue weighted by molar-refractivity contribution is 9.10. The average Bonchev–Trinajstić information content (AvgIpc) is 3.09. The topological polar surface area (TPSA) is 12.0 Å². The summed E-state index contributed by atoms with van der Waals surface area (Å²) in [5.74, 6) is 0.718. The summed E-state index contributed by atoms with van der Waals surface area (Å²) < 4.78 is 1.05. The highest BCUT2D eigenvalue weighted by atomic mass is 79.9. The van der Waals surface area contributed by atoms with Crippen LogP contribution in [0.5, 0.6) is 0 Å². The van der Waals surface area contributed by atoms with Crippen LogP contribution in [0.25, 0.3) is 0 Å². The lowest BCUT2D eigenvalue weighted by atomic mass is 10.0. The Morgan fingerprint density at radius 2 is 2.24 bits per heavy atom. The van der Waals surface area contributed by atoms with Crippen molar-refractivity contribution in [3.63, 3.8) is 0 Å². The van der Waals surface area contributed by atoms with Crippen molar-refractivity contribution in [1.82, 2.24) is 5.32 Å². The highest BCUT2D eigenvalue weighted by Gasteiger charge is 2.20. The van der Waals surface area contributed by atoms with Gasteiger partial charge in [0, 0.05) is 15.5 Å². The van der Waals surface area contributed by atoms with Crippen LogP contribution in [0.3, 0.4) is 0 Å². The van der Waals surface area contributed by atoms with Gasteiger partial charge in [0.25, 0.3) is 0 Å². The van der Waals surface area contributed by atoms with Gasteiger partial charge in [0.1, 0.15) is 0 Å². The minimum absolute atomic E-state index is 0.718. The average molecular weight is 317 g/mol. The second-order valence-corrected chi connectivity index (χ2v) is 6.38. The molecule has 0 amide bonds. The Labute approximate surface area is 117 Å². The monoisotopic (exact) mass is 315 g/mol. The maximum atomic E-state index is 6.20. The third-order valence-electron chi connectivity index (χ3n) is 3.25.